The first-order chi connectivity index (χ1) is 5.65. The summed E-state index contributed by atoms with van der Waals surface area (Å²) < 4.78 is 25.1. The molecule has 1 rings (SSSR count). The Morgan fingerprint density at radius 2 is 2.17 bits per heavy atom. The summed E-state index contributed by atoms with van der Waals surface area (Å²) >= 11 is 0. The fourth-order valence-electron chi connectivity index (χ4n) is 0.799. The van der Waals surface area contributed by atoms with E-state index in [9.17, 15) is 8.78 Å². The molecule has 0 radical (unpaired) electrons. The van der Waals surface area contributed by atoms with Gasteiger partial charge in [0.15, 0.2) is 0 Å². The molecule has 0 aliphatic heterocycles. The van der Waals surface area contributed by atoms with E-state index < -0.39 is 17.9 Å². The van der Waals surface area contributed by atoms with Crippen molar-refractivity contribution in [2.45, 2.75) is 6.04 Å². The van der Waals surface area contributed by atoms with E-state index in [1.54, 1.807) is 0 Å². The molecule has 1 heterocycles. The lowest BCUT2D eigenvalue weighted by Gasteiger charge is -2.05. The van der Waals surface area contributed by atoms with E-state index in [0.29, 0.717) is 0 Å². The molecule has 0 aliphatic rings. The summed E-state index contributed by atoms with van der Waals surface area (Å²) in [7, 11) is 0. The summed E-state index contributed by atoms with van der Waals surface area (Å²) in [4.78, 5) is 2.98. The smallest absolute Gasteiger partial charge is 0.220 e. The van der Waals surface area contributed by atoms with Crippen LogP contribution >= 0.6 is 0 Å². The zero-order chi connectivity index (χ0) is 9.14. The summed E-state index contributed by atoms with van der Waals surface area (Å²) in [5, 5.41) is 0. The van der Waals surface area contributed by atoms with Gasteiger partial charge in [-0.1, -0.05) is 6.08 Å². The number of nitrogens with two attached hydrogens (primary N) is 1. The van der Waals surface area contributed by atoms with Crippen LogP contribution in [-0.2, 0) is 0 Å². The van der Waals surface area contributed by atoms with E-state index in [1.165, 1.54) is 12.1 Å². The van der Waals surface area contributed by atoms with E-state index in [1.807, 2.05) is 0 Å². The maximum atomic E-state index is 12.8. The fourth-order valence-corrected chi connectivity index (χ4v) is 0.799. The molecule has 1 aromatic heterocycles. The average Bonchev–Trinajstić information content (AvgIpc) is 2.03. The first-order valence-electron chi connectivity index (χ1n) is 3.35. The minimum absolute atomic E-state index is 0.145. The van der Waals surface area contributed by atoms with Crippen molar-refractivity contribution < 1.29 is 8.78 Å². The highest BCUT2D eigenvalue weighted by Crippen LogP contribution is 2.13. The second-order valence-corrected chi connectivity index (χ2v) is 2.28. The van der Waals surface area contributed by atoms with Gasteiger partial charge in [0.1, 0.15) is 0 Å². The van der Waals surface area contributed by atoms with Crippen LogP contribution in [0.25, 0.3) is 0 Å². The van der Waals surface area contributed by atoms with E-state index >= 15 is 0 Å². The normalized spacial score (nSPS) is 12.6. The molecule has 2 nitrogen and oxygen atoms in total. The van der Waals surface area contributed by atoms with Crippen LogP contribution in [0.1, 0.15) is 11.6 Å². The zero-order valence-corrected chi connectivity index (χ0v) is 6.30. The third kappa shape index (κ3) is 1.65. The van der Waals surface area contributed by atoms with Crippen molar-refractivity contribution in [3.63, 3.8) is 0 Å². The molecule has 1 atom stereocenters. The van der Waals surface area contributed by atoms with Crippen LogP contribution in [0.2, 0.25) is 0 Å². The Kier molecular flexibility index (Phi) is 2.50. The van der Waals surface area contributed by atoms with Gasteiger partial charge in [0.05, 0.1) is 6.04 Å². The molecule has 1 unspecified atom stereocenters. The second-order valence-electron chi connectivity index (χ2n) is 2.28. The standard InChI is InChI=1S/C8H8F2N2/c1-2-6(11)5-3-4-7(9)12-8(5)10/h2-4,6H,1,11H2. The van der Waals surface area contributed by atoms with Crippen LogP contribution in [0.15, 0.2) is 24.8 Å². The van der Waals surface area contributed by atoms with Crippen molar-refractivity contribution in [1.29, 1.82) is 0 Å². The predicted molar refractivity (Wildman–Crippen MR) is 41.3 cm³/mol. The van der Waals surface area contributed by atoms with Crippen molar-refractivity contribution in [1.82, 2.24) is 4.98 Å². The molecule has 2 N–H and O–H groups in total. The molecule has 4 heteroatoms. The second kappa shape index (κ2) is 3.40. The van der Waals surface area contributed by atoms with Gasteiger partial charge in [-0.3, -0.25) is 0 Å². The molecule has 64 valence electrons. The topological polar surface area (TPSA) is 38.9 Å². The maximum absolute atomic E-state index is 12.8. The van der Waals surface area contributed by atoms with Crippen LogP contribution in [0, 0.1) is 11.9 Å². The Hall–Kier alpha value is -1.29. The van der Waals surface area contributed by atoms with E-state index in [2.05, 4.69) is 11.6 Å². The molecular formula is C8H8F2N2. The third-order valence-corrected chi connectivity index (χ3v) is 1.46. The molecule has 0 saturated carbocycles. The number of halogens is 2. The summed E-state index contributed by atoms with van der Waals surface area (Å²) in [6, 6.07) is 1.67. The Morgan fingerprint density at radius 1 is 1.50 bits per heavy atom. The number of hydrogen-bond donors (Lipinski definition) is 1. The zero-order valence-electron chi connectivity index (χ0n) is 6.30. The van der Waals surface area contributed by atoms with Gasteiger partial charge in [0.25, 0.3) is 0 Å². The van der Waals surface area contributed by atoms with Crippen molar-refractivity contribution in [3.05, 3.63) is 42.2 Å². The van der Waals surface area contributed by atoms with Gasteiger partial charge >= 0.3 is 0 Å². The van der Waals surface area contributed by atoms with Crippen LogP contribution in [0.4, 0.5) is 8.78 Å². The third-order valence-electron chi connectivity index (χ3n) is 1.46. The van der Waals surface area contributed by atoms with Crippen molar-refractivity contribution in [2.24, 2.45) is 5.73 Å². The highest BCUT2D eigenvalue weighted by molar-refractivity contribution is 5.19. The molecule has 0 fully saturated rings. The van der Waals surface area contributed by atoms with Crippen molar-refractivity contribution in [3.8, 4) is 0 Å². The lowest BCUT2D eigenvalue weighted by atomic mass is 10.1. The summed E-state index contributed by atoms with van der Waals surface area (Å²) in [5.41, 5.74) is 5.57. The monoisotopic (exact) mass is 170 g/mol. The van der Waals surface area contributed by atoms with Gasteiger partial charge in [-0.2, -0.15) is 13.8 Å². The number of aromatic nitrogens is 1. The van der Waals surface area contributed by atoms with E-state index in [4.69, 9.17) is 5.73 Å². The fraction of sp³-hybridized carbons (Fsp3) is 0.125. The molecule has 1 aromatic rings. The summed E-state index contributed by atoms with van der Waals surface area (Å²) in [5.74, 6) is -1.74. The maximum Gasteiger partial charge on any atom is 0.220 e. The Balaban J connectivity index is 3.09. The van der Waals surface area contributed by atoms with Crippen LogP contribution in [0.5, 0.6) is 0 Å². The quantitative estimate of drug-likeness (QED) is 0.540. The van der Waals surface area contributed by atoms with Crippen LogP contribution in [0.3, 0.4) is 0 Å². The first kappa shape index (κ1) is 8.80. The van der Waals surface area contributed by atoms with Crippen molar-refractivity contribution in [2.75, 3.05) is 0 Å². The highest BCUT2D eigenvalue weighted by Gasteiger charge is 2.09. The summed E-state index contributed by atoms with van der Waals surface area (Å²) in [6.45, 7) is 3.39. The molecule has 0 aromatic carbocycles. The Labute approximate surface area is 68.7 Å². The Morgan fingerprint density at radius 3 is 2.67 bits per heavy atom. The van der Waals surface area contributed by atoms with Crippen LogP contribution < -0.4 is 5.73 Å². The van der Waals surface area contributed by atoms with Gasteiger partial charge < -0.3 is 5.73 Å². The number of hydrogen-bond acceptors (Lipinski definition) is 2. The van der Waals surface area contributed by atoms with Gasteiger partial charge in [0.2, 0.25) is 11.9 Å². The molecular weight excluding hydrogens is 162 g/mol. The van der Waals surface area contributed by atoms with Gasteiger partial charge in [-0.25, -0.2) is 0 Å². The Bertz CT molecular complexity index is 299. The first-order valence-corrected chi connectivity index (χ1v) is 3.35. The van der Waals surface area contributed by atoms with Crippen molar-refractivity contribution >= 4 is 0 Å². The number of nitrogens with zero attached hydrogens (tertiary/aromatic N) is 1. The van der Waals surface area contributed by atoms with E-state index in [-0.39, 0.29) is 5.56 Å². The molecule has 0 spiro atoms. The van der Waals surface area contributed by atoms with Crippen LogP contribution in [-0.4, -0.2) is 4.98 Å². The molecule has 0 saturated heterocycles. The lowest BCUT2D eigenvalue weighted by molar-refractivity contribution is 0.499. The van der Waals surface area contributed by atoms with Gasteiger partial charge in [-0.15, -0.1) is 6.58 Å². The average molecular weight is 170 g/mol. The minimum Gasteiger partial charge on any atom is -0.321 e. The number of rotatable bonds is 2. The highest BCUT2D eigenvalue weighted by atomic mass is 19.1. The number of pyridine rings is 1. The molecule has 0 aliphatic carbocycles. The summed E-state index contributed by atoms with van der Waals surface area (Å²) in [6.07, 6.45) is 1.36. The predicted octanol–water partition coefficient (Wildman–Crippen LogP) is 1.55. The van der Waals surface area contributed by atoms with Gasteiger partial charge in [0, 0.05) is 5.56 Å². The molecule has 0 amide bonds. The van der Waals surface area contributed by atoms with E-state index in [0.717, 1.165) is 6.07 Å². The minimum atomic E-state index is -0.887. The largest absolute Gasteiger partial charge is 0.321 e. The molecule has 0 bridgehead atoms. The van der Waals surface area contributed by atoms with Gasteiger partial charge in [-0.05, 0) is 12.1 Å². The SMILES string of the molecule is C=CC(N)c1ccc(F)nc1F. The lowest BCUT2D eigenvalue weighted by Crippen LogP contribution is -2.10. The molecule has 12 heavy (non-hydrogen) atoms.